The van der Waals surface area contributed by atoms with Crippen molar-refractivity contribution in [2.24, 2.45) is 5.92 Å². The third kappa shape index (κ3) is 2.71. The number of carboxylic acid groups (broad SMARTS) is 1. The zero-order valence-corrected chi connectivity index (χ0v) is 12.1. The standard InChI is InChI=1S/C14H18N2O3S/c17-13(9-15-4-1-11(7-15)14(18)19)16-5-2-12-10(8-16)3-6-20-12/h3,6,11H,1-2,4-5,7-9H2,(H,18,19). The Balaban J connectivity index is 1.55. The number of carboxylic acids is 1. The van der Waals surface area contributed by atoms with Crippen molar-refractivity contribution < 1.29 is 14.7 Å². The topological polar surface area (TPSA) is 60.9 Å². The molecule has 1 amide bonds. The molecule has 0 aliphatic carbocycles. The van der Waals surface area contributed by atoms with Gasteiger partial charge < -0.3 is 10.0 Å². The van der Waals surface area contributed by atoms with Crippen LogP contribution in [0.5, 0.6) is 0 Å². The summed E-state index contributed by atoms with van der Waals surface area (Å²) in [6.07, 6.45) is 1.59. The van der Waals surface area contributed by atoms with E-state index in [0.717, 1.165) is 13.0 Å². The van der Waals surface area contributed by atoms with Gasteiger partial charge in [-0.2, -0.15) is 0 Å². The molecule has 6 heteroatoms. The summed E-state index contributed by atoms with van der Waals surface area (Å²) in [6, 6.07) is 2.09. The second kappa shape index (κ2) is 5.54. The summed E-state index contributed by atoms with van der Waals surface area (Å²) >= 11 is 1.76. The van der Waals surface area contributed by atoms with Crippen molar-refractivity contribution in [3.05, 3.63) is 21.9 Å². The van der Waals surface area contributed by atoms with E-state index in [1.165, 1.54) is 10.4 Å². The molecule has 1 fully saturated rings. The lowest BCUT2D eigenvalue weighted by Gasteiger charge is -2.28. The van der Waals surface area contributed by atoms with E-state index in [-0.39, 0.29) is 11.8 Å². The monoisotopic (exact) mass is 294 g/mol. The van der Waals surface area contributed by atoms with Crippen molar-refractivity contribution in [3.63, 3.8) is 0 Å². The molecule has 20 heavy (non-hydrogen) atoms. The zero-order chi connectivity index (χ0) is 14.1. The summed E-state index contributed by atoms with van der Waals surface area (Å²) in [6.45, 7) is 3.04. The van der Waals surface area contributed by atoms with Gasteiger partial charge in [-0.1, -0.05) is 0 Å². The van der Waals surface area contributed by atoms with Gasteiger partial charge in [0.25, 0.3) is 0 Å². The van der Waals surface area contributed by atoms with Crippen LogP contribution in [-0.2, 0) is 22.6 Å². The Labute approximate surface area is 121 Å². The largest absolute Gasteiger partial charge is 0.481 e. The molecule has 0 radical (unpaired) electrons. The molecule has 1 aromatic heterocycles. The van der Waals surface area contributed by atoms with Crippen molar-refractivity contribution in [3.8, 4) is 0 Å². The van der Waals surface area contributed by atoms with Gasteiger partial charge in [-0.3, -0.25) is 14.5 Å². The third-order valence-corrected chi connectivity index (χ3v) is 5.16. The molecule has 108 valence electrons. The van der Waals surface area contributed by atoms with Crippen LogP contribution in [0.2, 0.25) is 0 Å². The summed E-state index contributed by atoms with van der Waals surface area (Å²) in [4.78, 5) is 28.5. The Hall–Kier alpha value is -1.40. The van der Waals surface area contributed by atoms with Gasteiger partial charge in [-0.25, -0.2) is 0 Å². The fourth-order valence-corrected chi connectivity index (χ4v) is 3.82. The number of nitrogens with zero attached hydrogens (tertiary/aromatic N) is 2. The van der Waals surface area contributed by atoms with Gasteiger partial charge in [-0.05, 0) is 36.4 Å². The van der Waals surface area contributed by atoms with E-state index in [2.05, 4.69) is 11.4 Å². The third-order valence-electron chi connectivity index (χ3n) is 4.14. The minimum absolute atomic E-state index is 0.118. The van der Waals surface area contributed by atoms with E-state index in [1.54, 1.807) is 11.3 Å². The Morgan fingerprint density at radius 1 is 1.40 bits per heavy atom. The van der Waals surface area contributed by atoms with Crippen molar-refractivity contribution in [2.45, 2.75) is 19.4 Å². The molecular formula is C14H18N2O3S. The van der Waals surface area contributed by atoms with Crippen molar-refractivity contribution in [2.75, 3.05) is 26.2 Å². The Morgan fingerprint density at radius 3 is 3.00 bits per heavy atom. The fourth-order valence-electron chi connectivity index (χ4n) is 2.93. The number of hydrogen-bond donors (Lipinski definition) is 1. The molecule has 0 spiro atoms. The molecule has 2 aliphatic rings. The summed E-state index contributed by atoms with van der Waals surface area (Å²) in [7, 11) is 0. The van der Waals surface area contributed by atoms with E-state index in [4.69, 9.17) is 5.11 Å². The Kier molecular flexibility index (Phi) is 3.76. The van der Waals surface area contributed by atoms with E-state index in [1.807, 2.05) is 9.80 Å². The Bertz CT molecular complexity index is 528. The highest BCUT2D eigenvalue weighted by Gasteiger charge is 2.30. The van der Waals surface area contributed by atoms with Gasteiger partial charge in [0, 0.05) is 24.5 Å². The number of thiophene rings is 1. The highest BCUT2D eigenvalue weighted by atomic mass is 32.1. The van der Waals surface area contributed by atoms with Crippen LogP contribution < -0.4 is 0 Å². The number of amides is 1. The van der Waals surface area contributed by atoms with Gasteiger partial charge in [0.05, 0.1) is 12.5 Å². The molecule has 1 aromatic rings. The van der Waals surface area contributed by atoms with Crippen LogP contribution in [0.4, 0.5) is 0 Å². The Morgan fingerprint density at radius 2 is 2.25 bits per heavy atom. The first kappa shape index (κ1) is 13.6. The molecule has 1 N–H and O–H groups in total. The van der Waals surface area contributed by atoms with Crippen molar-refractivity contribution in [1.82, 2.24) is 9.80 Å². The summed E-state index contributed by atoms with van der Waals surface area (Å²) in [5.74, 6) is -0.943. The lowest BCUT2D eigenvalue weighted by molar-refractivity contribution is -0.141. The molecule has 1 saturated heterocycles. The van der Waals surface area contributed by atoms with Crippen molar-refractivity contribution in [1.29, 1.82) is 0 Å². The van der Waals surface area contributed by atoms with Crippen molar-refractivity contribution >= 4 is 23.2 Å². The average Bonchev–Trinajstić information content (AvgIpc) is 3.05. The summed E-state index contributed by atoms with van der Waals surface area (Å²) in [5.41, 5.74) is 1.26. The van der Waals surface area contributed by atoms with Gasteiger partial charge >= 0.3 is 5.97 Å². The molecular weight excluding hydrogens is 276 g/mol. The van der Waals surface area contributed by atoms with Gasteiger partial charge in [0.1, 0.15) is 0 Å². The van der Waals surface area contributed by atoms with Crippen LogP contribution in [0, 0.1) is 5.92 Å². The maximum absolute atomic E-state index is 12.3. The average molecular weight is 294 g/mol. The molecule has 3 rings (SSSR count). The van der Waals surface area contributed by atoms with Crippen LogP contribution in [0.25, 0.3) is 0 Å². The van der Waals surface area contributed by atoms with Crippen LogP contribution in [0.3, 0.4) is 0 Å². The number of likely N-dealkylation sites (tertiary alicyclic amines) is 1. The van der Waals surface area contributed by atoms with Crippen LogP contribution >= 0.6 is 11.3 Å². The van der Waals surface area contributed by atoms with Crippen LogP contribution in [-0.4, -0.2) is 53.0 Å². The predicted molar refractivity (Wildman–Crippen MR) is 75.6 cm³/mol. The SMILES string of the molecule is O=C(O)C1CCN(CC(=O)N2CCc3sccc3C2)C1. The molecule has 2 aliphatic heterocycles. The number of carbonyl (C=O) groups is 2. The lowest BCUT2D eigenvalue weighted by Crippen LogP contribution is -2.42. The van der Waals surface area contributed by atoms with Gasteiger partial charge in [0.15, 0.2) is 0 Å². The van der Waals surface area contributed by atoms with Crippen LogP contribution in [0.1, 0.15) is 16.9 Å². The van der Waals surface area contributed by atoms with E-state index < -0.39 is 5.97 Å². The molecule has 0 saturated carbocycles. The summed E-state index contributed by atoms with van der Waals surface area (Å²) in [5, 5.41) is 11.1. The van der Waals surface area contributed by atoms with E-state index >= 15 is 0 Å². The second-order valence-corrected chi connectivity index (χ2v) is 6.49. The minimum atomic E-state index is -0.749. The number of carbonyl (C=O) groups excluding carboxylic acids is 1. The first-order chi connectivity index (χ1) is 9.63. The normalized spacial score (nSPS) is 22.8. The zero-order valence-electron chi connectivity index (χ0n) is 11.2. The second-order valence-electron chi connectivity index (χ2n) is 5.49. The number of fused-ring (bicyclic) bond motifs is 1. The van der Waals surface area contributed by atoms with E-state index in [9.17, 15) is 9.59 Å². The highest BCUT2D eigenvalue weighted by Crippen LogP contribution is 2.24. The molecule has 0 aromatic carbocycles. The number of rotatable bonds is 3. The molecule has 0 bridgehead atoms. The molecule has 1 unspecified atom stereocenters. The quantitative estimate of drug-likeness (QED) is 0.905. The maximum Gasteiger partial charge on any atom is 0.307 e. The number of aliphatic carboxylic acids is 1. The molecule has 3 heterocycles. The van der Waals surface area contributed by atoms with Gasteiger partial charge in [-0.15, -0.1) is 11.3 Å². The van der Waals surface area contributed by atoms with E-state index in [0.29, 0.717) is 32.6 Å². The maximum atomic E-state index is 12.3. The summed E-state index contributed by atoms with van der Waals surface area (Å²) < 4.78 is 0. The fraction of sp³-hybridized carbons (Fsp3) is 0.571. The first-order valence-electron chi connectivity index (χ1n) is 6.91. The minimum Gasteiger partial charge on any atom is -0.481 e. The smallest absolute Gasteiger partial charge is 0.307 e. The van der Waals surface area contributed by atoms with Crippen LogP contribution in [0.15, 0.2) is 11.4 Å². The first-order valence-corrected chi connectivity index (χ1v) is 7.79. The predicted octanol–water partition coefficient (Wildman–Crippen LogP) is 1.04. The molecule has 1 atom stereocenters. The molecule has 5 nitrogen and oxygen atoms in total. The lowest BCUT2D eigenvalue weighted by atomic mass is 10.1. The highest BCUT2D eigenvalue weighted by molar-refractivity contribution is 7.10. The van der Waals surface area contributed by atoms with Gasteiger partial charge in [0.2, 0.25) is 5.91 Å². The number of hydrogen-bond acceptors (Lipinski definition) is 4.